The van der Waals surface area contributed by atoms with Crippen molar-refractivity contribution in [2.75, 3.05) is 6.61 Å². The summed E-state index contributed by atoms with van der Waals surface area (Å²) in [6.45, 7) is 9.52. The van der Waals surface area contributed by atoms with Crippen LogP contribution in [0.4, 0.5) is 0 Å². The normalized spacial score (nSPS) is 11.9. The maximum absolute atomic E-state index is 12.8. The van der Waals surface area contributed by atoms with Crippen molar-refractivity contribution >= 4 is 16.9 Å². The van der Waals surface area contributed by atoms with Crippen LogP contribution in [0.3, 0.4) is 0 Å². The number of ether oxygens (including phenoxy) is 3. The second kappa shape index (κ2) is 8.39. The summed E-state index contributed by atoms with van der Waals surface area (Å²) in [5, 5.41) is 0.362. The third kappa shape index (κ3) is 4.42. The second-order valence-electron chi connectivity index (χ2n) is 6.91. The minimum atomic E-state index is -0.769. The molecule has 6 nitrogen and oxygen atoms in total. The van der Waals surface area contributed by atoms with Crippen LogP contribution in [0.1, 0.15) is 30.5 Å². The molecule has 2 aromatic carbocycles. The van der Waals surface area contributed by atoms with Gasteiger partial charge < -0.3 is 18.6 Å². The van der Waals surface area contributed by atoms with Gasteiger partial charge in [-0.05, 0) is 69.5 Å². The molecule has 6 heteroatoms. The van der Waals surface area contributed by atoms with E-state index in [0.29, 0.717) is 22.5 Å². The van der Waals surface area contributed by atoms with Gasteiger partial charge in [-0.15, -0.1) is 0 Å². The van der Waals surface area contributed by atoms with E-state index in [1.165, 1.54) is 6.26 Å². The van der Waals surface area contributed by atoms with Gasteiger partial charge in [0.25, 0.3) is 0 Å². The lowest BCUT2D eigenvalue weighted by atomic mass is 10.1. The van der Waals surface area contributed by atoms with Crippen LogP contribution in [0.2, 0.25) is 0 Å². The van der Waals surface area contributed by atoms with Gasteiger partial charge in [-0.2, -0.15) is 0 Å². The fraction of sp³-hybridized carbons (Fsp3) is 0.304. The van der Waals surface area contributed by atoms with Gasteiger partial charge in [0.2, 0.25) is 11.2 Å². The summed E-state index contributed by atoms with van der Waals surface area (Å²) < 4.78 is 22.0. The standard InChI is InChI=1S/C23H24O6/c1-6-26-23(25)16(5)28-17-7-8-18-20(11-17)27-12-21(22(18)24)29-19-10-13(2)9-14(3)15(19)4/h7-12,16H,6H2,1-5H3/t16-/m0/s1. The summed E-state index contributed by atoms with van der Waals surface area (Å²) in [7, 11) is 0. The van der Waals surface area contributed by atoms with E-state index in [0.717, 1.165) is 16.7 Å². The third-order valence-electron chi connectivity index (χ3n) is 4.63. The van der Waals surface area contributed by atoms with Crippen LogP contribution in [0.5, 0.6) is 17.2 Å². The van der Waals surface area contributed by atoms with Gasteiger partial charge in [0.15, 0.2) is 6.10 Å². The topological polar surface area (TPSA) is 75.0 Å². The molecule has 1 aromatic heterocycles. The molecule has 0 bridgehead atoms. The lowest BCUT2D eigenvalue weighted by Crippen LogP contribution is -2.26. The summed E-state index contributed by atoms with van der Waals surface area (Å²) in [4.78, 5) is 24.6. The highest BCUT2D eigenvalue weighted by Gasteiger charge is 2.17. The zero-order chi connectivity index (χ0) is 21.1. The summed E-state index contributed by atoms with van der Waals surface area (Å²) >= 11 is 0. The average molecular weight is 396 g/mol. The zero-order valence-electron chi connectivity index (χ0n) is 17.2. The first-order valence-corrected chi connectivity index (χ1v) is 9.44. The molecule has 29 heavy (non-hydrogen) atoms. The highest BCUT2D eigenvalue weighted by molar-refractivity contribution is 5.79. The van der Waals surface area contributed by atoms with Gasteiger partial charge in [0.1, 0.15) is 23.3 Å². The Hall–Kier alpha value is -3.28. The third-order valence-corrected chi connectivity index (χ3v) is 4.63. The van der Waals surface area contributed by atoms with Crippen molar-refractivity contribution in [3.63, 3.8) is 0 Å². The number of carbonyl (C=O) groups excluding carboxylic acids is 1. The minimum Gasteiger partial charge on any atom is -0.479 e. The largest absolute Gasteiger partial charge is 0.479 e. The zero-order valence-corrected chi connectivity index (χ0v) is 17.2. The maximum atomic E-state index is 12.8. The van der Waals surface area contributed by atoms with Gasteiger partial charge >= 0.3 is 5.97 Å². The number of hydrogen-bond donors (Lipinski definition) is 0. The Morgan fingerprint density at radius 1 is 1.10 bits per heavy atom. The number of carbonyl (C=O) groups is 1. The molecule has 1 heterocycles. The Balaban J connectivity index is 1.89. The highest BCUT2D eigenvalue weighted by atomic mass is 16.6. The number of hydrogen-bond acceptors (Lipinski definition) is 6. The fourth-order valence-corrected chi connectivity index (χ4v) is 2.97. The number of esters is 1. The van der Waals surface area contributed by atoms with E-state index in [-0.39, 0.29) is 17.8 Å². The van der Waals surface area contributed by atoms with Crippen LogP contribution in [0.25, 0.3) is 11.0 Å². The predicted molar refractivity (Wildman–Crippen MR) is 110 cm³/mol. The molecule has 0 radical (unpaired) electrons. The Morgan fingerprint density at radius 3 is 2.59 bits per heavy atom. The first-order valence-electron chi connectivity index (χ1n) is 9.44. The molecule has 0 amide bonds. The summed E-state index contributed by atoms with van der Waals surface area (Å²) in [6, 6.07) is 8.72. The molecule has 1 atom stereocenters. The van der Waals surface area contributed by atoms with Gasteiger partial charge in [-0.1, -0.05) is 6.07 Å². The van der Waals surface area contributed by atoms with E-state index in [1.54, 1.807) is 32.0 Å². The molecule has 0 saturated carbocycles. The Bertz CT molecular complexity index is 1110. The number of rotatable bonds is 6. The van der Waals surface area contributed by atoms with E-state index >= 15 is 0 Å². The van der Waals surface area contributed by atoms with Crippen LogP contribution in [0, 0.1) is 20.8 Å². The van der Waals surface area contributed by atoms with Crippen molar-refractivity contribution in [3.8, 4) is 17.2 Å². The van der Waals surface area contributed by atoms with E-state index in [4.69, 9.17) is 18.6 Å². The SMILES string of the molecule is CCOC(=O)[C@H](C)Oc1ccc2c(=O)c(Oc3cc(C)cc(C)c3C)coc2c1. The summed E-state index contributed by atoms with van der Waals surface area (Å²) in [6.07, 6.45) is 0.523. The first-order chi connectivity index (χ1) is 13.8. The fourth-order valence-electron chi connectivity index (χ4n) is 2.97. The van der Waals surface area contributed by atoms with E-state index in [2.05, 4.69) is 6.07 Å². The van der Waals surface area contributed by atoms with Crippen LogP contribution < -0.4 is 14.9 Å². The lowest BCUT2D eigenvalue weighted by Gasteiger charge is -2.14. The molecule has 3 rings (SSSR count). The van der Waals surface area contributed by atoms with Crippen molar-refractivity contribution in [3.05, 3.63) is 63.5 Å². The number of fused-ring (bicyclic) bond motifs is 1. The predicted octanol–water partition coefficient (Wildman–Crippen LogP) is 4.84. The number of benzene rings is 2. The van der Waals surface area contributed by atoms with Crippen molar-refractivity contribution in [1.82, 2.24) is 0 Å². The van der Waals surface area contributed by atoms with Crippen molar-refractivity contribution < 1.29 is 23.4 Å². The lowest BCUT2D eigenvalue weighted by molar-refractivity contribution is -0.150. The molecule has 0 aliphatic heterocycles. The molecule has 0 saturated heterocycles. The van der Waals surface area contributed by atoms with Crippen LogP contribution >= 0.6 is 0 Å². The van der Waals surface area contributed by atoms with Crippen LogP contribution in [0.15, 0.2) is 45.8 Å². The molecule has 0 aliphatic carbocycles. The monoisotopic (exact) mass is 396 g/mol. The van der Waals surface area contributed by atoms with E-state index < -0.39 is 12.1 Å². The van der Waals surface area contributed by atoms with E-state index in [9.17, 15) is 9.59 Å². The van der Waals surface area contributed by atoms with Crippen LogP contribution in [-0.2, 0) is 9.53 Å². The Labute approximate surface area is 169 Å². The van der Waals surface area contributed by atoms with Gasteiger partial charge in [-0.25, -0.2) is 4.79 Å². The second-order valence-corrected chi connectivity index (χ2v) is 6.91. The van der Waals surface area contributed by atoms with Gasteiger partial charge in [-0.3, -0.25) is 4.79 Å². The van der Waals surface area contributed by atoms with Gasteiger partial charge in [0, 0.05) is 6.07 Å². The molecule has 0 spiro atoms. The summed E-state index contributed by atoms with van der Waals surface area (Å²) in [5.41, 5.74) is 3.16. The van der Waals surface area contributed by atoms with Crippen molar-refractivity contribution in [1.29, 1.82) is 0 Å². The Morgan fingerprint density at radius 2 is 1.86 bits per heavy atom. The molecule has 3 aromatic rings. The molecule has 0 fully saturated rings. The van der Waals surface area contributed by atoms with E-state index in [1.807, 2.05) is 26.8 Å². The average Bonchev–Trinajstić information content (AvgIpc) is 2.68. The van der Waals surface area contributed by atoms with Gasteiger partial charge in [0.05, 0.1) is 12.0 Å². The first kappa shape index (κ1) is 20.5. The molecule has 0 aliphatic rings. The van der Waals surface area contributed by atoms with Crippen molar-refractivity contribution in [2.24, 2.45) is 0 Å². The molecular weight excluding hydrogens is 372 g/mol. The molecule has 0 N–H and O–H groups in total. The molecular formula is C23H24O6. The van der Waals surface area contributed by atoms with Crippen molar-refractivity contribution in [2.45, 2.75) is 40.7 Å². The smallest absolute Gasteiger partial charge is 0.347 e. The number of aryl methyl sites for hydroxylation is 2. The highest BCUT2D eigenvalue weighted by Crippen LogP contribution is 2.29. The summed E-state index contributed by atoms with van der Waals surface area (Å²) in [5.74, 6) is 0.679. The molecule has 152 valence electrons. The maximum Gasteiger partial charge on any atom is 0.347 e. The minimum absolute atomic E-state index is 0.110. The quantitative estimate of drug-likeness (QED) is 0.555. The van der Waals surface area contributed by atoms with Crippen LogP contribution in [-0.4, -0.2) is 18.7 Å². The molecule has 0 unspecified atom stereocenters. The Kier molecular flexibility index (Phi) is 5.92.